The van der Waals surface area contributed by atoms with Crippen LogP contribution in [0.4, 0.5) is 0 Å². The largest absolute Gasteiger partial charge is 0.354 e. The van der Waals surface area contributed by atoms with Gasteiger partial charge in [0.1, 0.15) is 0 Å². The summed E-state index contributed by atoms with van der Waals surface area (Å²) in [5.74, 6) is 0.329. The quantitative estimate of drug-likeness (QED) is 0.831. The van der Waals surface area contributed by atoms with Crippen LogP contribution in [0.5, 0.6) is 0 Å². The van der Waals surface area contributed by atoms with Crippen LogP contribution in [0.3, 0.4) is 0 Å². The second-order valence-corrected chi connectivity index (χ2v) is 5.03. The van der Waals surface area contributed by atoms with Crippen LogP contribution in [-0.2, 0) is 4.79 Å². The first-order chi connectivity index (χ1) is 8.12. The summed E-state index contributed by atoms with van der Waals surface area (Å²) in [6, 6.07) is 10.2. The van der Waals surface area contributed by atoms with Gasteiger partial charge in [0.2, 0.25) is 5.91 Å². The minimum atomic E-state index is -0.587. The molecule has 2 rings (SSSR count). The summed E-state index contributed by atoms with van der Waals surface area (Å²) in [4.78, 5) is 11.8. The second-order valence-electron chi connectivity index (χ2n) is 5.03. The Hall–Kier alpha value is -1.35. The average molecular weight is 232 g/mol. The first-order valence-electron chi connectivity index (χ1n) is 6.24. The van der Waals surface area contributed by atoms with Gasteiger partial charge < -0.3 is 11.1 Å². The third kappa shape index (κ3) is 2.67. The summed E-state index contributed by atoms with van der Waals surface area (Å²) in [7, 11) is 0. The minimum absolute atomic E-state index is 0.00605. The Labute approximate surface area is 102 Å². The van der Waals surface area contributed by atoms with Gasteiger partial charge in [-0.2, -0.15) is 0 Å². The molecule has 1 amide bonds. The smallest absolute Gasteiger partial charge is 0.240 e. The lowest BCUT2D eigenvalue weighted by Crippen LogP contribution is -2.58. The molecule has 1 aromatic carbocycles. The Morgan fingerprint density at radius 3 is 2.59 bits per heavy atom. The number of rotatable bonds is 4. The van der Waals surface area contributed by atoms with Gasteiger partial charge in [-0.25, -0.2) is 0 Å². The van der Waals surface area contributed by atoms with Gasteiger partial charge >= 0.3 is 0 Å². The maximum atomic E-state index is 11.8. The number of nitrogens with two attached hydrogens (primary N) is 1. The molecule has 0 aliphatic heterocycles. The molecule has 0 spiro atoms. The fourth-order valence-corrected chi connectivity index (χ4v) is 2.11. The number of hydrogen-bond donors (Lipinski definition) is 2. The summed E-state index contributed by atoms with van der Waals surface area (Å²) in [5.41, 5.74) is 6.62. The van der Waals surface area contributed by atoms with Crippen molar-refractivity contribution < 1.29 is 4.79 Å². The maximum Gasteiger partial charge on any atom is 0.240 e. The topological polar surface area (TPSA) is 55.1 Å². The molecule has 1 atom stereocenters. The predicted octanol–water partition coefficient (Wildman–Crippen LogP) is 1.79. The molecule has 3 nitrogen and oxygen atoms in total. The molecule has 1 saturated carbocycles. The summed E-state index contributed by atoms with van der Waals surface area (Å²) in [6.07, 6.45) is 2.70. The van der Waals surface area contributed by atoms with Crippen molar-refractivity contribution in [3.8, 4) is 0 Å². The Balaban J connectivity index is 1.84. The van der Waals surface area contributed by atoms with Crippen molar-refractivity contribution in [2.24, 2.45) is 5.73 Å². The highest BCUT2D eigenvalue weighted by Crippen LogP contribution is 2.29. The SMILES string of the molecule is CC(CNC(=O)C1(N)CCC1)c1ccccc1. The standard InChI is InChI=1S/C14H20N2O/c1-11(12-6-3-2-4-7-12)10-16-13(17)14(15)8-5-9-14/h2-4,6-7,11H,5,8-10,15H2,1H3,(H,16,17). The van der Waals surface area contributed by atoms with E-state index >= 15 is 0 Å². The number of hydrogen-bond acceptors (Lipinski definition) is 2. The fourth-order valence-electron chi connectivity index (χ4n) is 2.11. The van der Waals surface area contributed by atoms with Gasteiger partial charge in [-0.1, -0.05) is 37.3 Å². The van der Waals surface area contributed by atoms with E-state index < -0.39 is 5.54 Å². The molecule has 0 bridgehead atoms. The second kappa shape index (κ2) is 4.88. The fraction of sp³-hybridized carbons (Fsp3) is 0.500. The number of carbonyl (C=O) groups is 1. The normalized spacial score (nSPS) is 19.2. The summed E-state index contributed by atoms with van der Waals surface area (Å²) in [6.45, 7) is 2.77. The van der Waals surface area contributed by atoms with E-state index in [1.807, 2.05) is 18.2 Å². The van der Waals surface area contributed by atoms with E-state index in [9.17, 15) is 4.79 Å². The summed E-state index contributed by atoms with van der Waals surface area (Å²) >= 11 is 0. The molecule has 1 unspecified atom stereocenters. The molecule has 0 radical (unpaired) electrons. The van der Waals surface area contributed by atoms with Crippen molar-refractivity contribution in [1.29, 1.82) is 0 Å². The van der Waals surface area contributed by atoms with Crippen molar-refractivity contribution in [2.45, 2.75) is 37.6 Å². The van der Waals surface area contributed by atoms with E-state index in [1.54, 1.807) is 0 Å². The molecule has 0 heterocycles. The van der Waals surface area contributed by atoms with Crippen LogP contribution in [-0.4, -0.2) is 18.0 Å². The summed E-state index contributed by atoms with van der Waals surface area (Å²) in [5, 5.41) is 2.96. The zero-order valence-electron chi connectivity index (χ0n) is 10.3. The van der Waals surface area contributed by atoms with Crippen molar-refractivity contribution in [3.05, 3.63) is 35.9 Å². The molecule has 92 valence electrons. The van der Waals surface area contributed by atoms with Crippen molar-refractivity contribution in [3.63, 3.8) is 0 Å². The first kappa shape index (κ1) is 12.1. The lowest BCUT2D eigenvalue weighted by atomic mass is 9.77. The third-order valence-electron chi connectivity index (χ3n) is 3.64. The number of nitrogens with one attached hydrogen (secondary N) is 1. The highest BCUT2D eigenvalue weighted by Gasteiger charge is 2.39. The molecular formula is C14H20N2O. The molecule has 1 aromatic rings. The Kier molecular flexibility index (Phi) is 3.48. The zero-order chi connectivity index (χ0) is 12.3. The van der Waals surface area contributed by atoms with Crippen LogP contribution in [0.1, 0.15) is 37.7 Å². The molecule has 17 heavy (non-hydrogen) atoms. The molecule has 0 aromatic heterocycles. The predicted molar refractivity (Wildman–Crippen MR) is 68.6 cm³/mol. The molecular weight excluding hydrogens is 212 g/mol. The maximum absolute atomic E-state index is 11.8. The first-order valence-corrected chi connectivity index (χ1v) is 6.24. The number of benzene rings is 1. The van der Waals surface area contributed by atoms with Crippen molar-refractivity contribution in [1.82, 2.24) is 5.32 Å². The van der Waals surface area contributed by atoms with Crippen LogP contribution < -0.4 is 11.1 Å². The highest BCUT2D eigenvalue weighted by molar-refractivity contribution is 5.87. The van der Waals surface area contributed by atoms with E-state index in [0.29, 0.717) is 12.5 Å². The molecule has 1 aliphatic rings. The van der Waals surface area contributed by atoms with E-state index in [4.69, 9.17) is 5.73 Å². The van der Waals surface area contributed by atoms with E-state index in [-0.39, 0.29) is 5.91 Å². The Morgan fingerprint density at radius 1 is 1.41 bits per heavy atom. The van der Waals surface area contributed by atoms with Gasteiger partial charge in [-0.3, -0.25) is 4.79 Å². The number of amides is 1. The molecule has 1 fully saturated rings. The van der Waals surface area contributed by atoms with E-state index in [2.05, 4.69) is 24.4 Å². The van der Waals surface area contributed by atoms with Gasteiger partial charge in [0, 0.05) is 6.54 Å². The Morgan fingerprint density at radius 2 is 2.06 bits per heavy atom. The summed E-state index contributed by atoms with van der Waals surface area (Å²) < 4.78 is 0. The molecule has 1 aliphatic carbocycles. The van der Waals surface area contributed by atoms with Gasteiger partial charge in [0.05, 0.1) is 5.54 Å². The third-order valence-corrected chi connectivity index (χ3v) is 3.64. The van der Waals surface area contributed by atoms with Gasteiger partial charge in [0.15, 0.2) is 0 Å². The van der Waals surface area contributed by atoms with Gasteiger partial charge in [-0.15, -0.1) is 0 Å². The van der Waals surface area contributed by atoms with Crippen LogP contribution >= 0.6 is 0 Å². The van der Waals surface area contributed by atoms with E-state index in [0.717, 1.165) is 19.3 Å². The van der Waals surface area contributed by atoms with E-state index in [1.165, 1.54) is 5.56 Å². The molecule has 0 saturated heterocycles. The number of carbonyl (C=O) groups excluding carboxylic acids is 1. The van der Waals surface area contributed by atoms with Crippen LogP contribution in [0, 0.1) is 0 Å². The van der Waals surface area contributed by atoms with Gasteiger partial charge in [-0.05, 0) is 30.7 Å². The van der Waals surface area contributed by atoms with Crippen LogP contribution in [0.15, 0.2) is 30.3 Å². The minimum Gasteiger partial charge on any atom is -0.354 e. The monoisotopic (exact) mass is 232 g/mol. The molecule has 3 heteroatoms. The lowest BCUT2D eigenvalue weighted by Gasteiger charge is -2.36. The highest BCUT2D eigenvalue weighted by atomic mass is 16.2. The Bertz CT molecular complexity index is 384. The van der Waals surface area contributed by atoms with Crippen molar-refractivity contribution >= 4 is 5.91 Å². The zero-order valence-corrected chi connectivity index (χ0v) is 10.3. The van der Waals surface area contributed by atoms with Crippen LogP contribution in [0.2, 0.25) is 0 Å². The van der Waals surface area contributed by atoms with Gasteiger partial charge in [0.25, 0.3) is 0 Å². The average Bonchev–Trinajstić information content (AvgIpc) is 2.33. The lowest BCUT2D eigenvalue weighted by molar-refractivity contribution is -0.129. The van der Waals surface area contributed by atoms with Crippen molar-refractivity contribution in [2.75, 3.05) is 6.54 Å². The molecule has 3 N–H and O–H groups in total. The van der Waals surface area contributed by atoms with Crippen LogP contribution in [0.25, 0.3) is 0 Å².